The van der Waals surface area contributed by atoms with Gasteiger partial charge in [0.1, 0.15) is 5.75 Å². The first kappa shape index (κ1) is 16.8. The lowest BCUT2D eigenvalue weighted by molar-refractivity contribution is 0.0696. The predicted molar refractivity (Wildman–Crippen MR) is 86.5 cm³/mol. The average Bonchev–Trinajstić information content (AvgIpc) is 2.48. The summed E-state index contributed by atoms with van der Waals surface area (Å²) in [4.78, 5) is 11.0. The van der Waals surface area contributed by atoms with E-state index in [1.54, 1.807) is 32.9 Å². The Labute approximate surface area is 134 Å². The molecule has 0 fully saturated rings. The molecule has 7 heteroatoms. The number of phenols is 1. The monoisotopic (exact) mass is 335 g/mol. The van der Waals surface area contributed by atoms with Gasteiger partial charge in [-0.15, -0.1) is 0 Å². The van der Waals surface area contributed by atoms with Crippen LogP contribution in [-0.4, -0.2) is 24.6 Å². The molecule has 0 amide bonds. The number of aryl methyl sites for hydroxylation is 2. The minimum Gasteiger partial charge on any atom is -0.507 e. The molecule has 0 radical (unpaired) electrons. The maximum Gasteiger partial charge on any atom is 0.335 e. The zero-order valence-corrected chi connectivity index (χ0v) is 13.7. The highest BCUT2D eigenvalue weighted by atomic mass is 32.2. The SMILES string of the molecule is Cc1ccc(S(=O)(=O)Nc2ccc(C)c(O)c2C)cc1C(=O)O. The number of phenolic OH excluding ortho intramolecular Hbond substituents is 1. The van der Waals surface area contributed by atoms with Crippen molar-refractivity contribution in [3.63, 3.8) is 0 Å². The van der Waals surface area contributed by atoms with Gasteiger partial charge in [-0.2, -0.15) is 0 Å². The van der Waals surface area contributed by atoms with Crippen LogP contribution in [-0.2, 0) is 10.0 Å². The van der Waals surface area contributed by atoms with Crippen LogP contribution in [0.4, 0.5) is 5.69 Å². The number of carboxylic acids is 1. The number of carbonyl (C=O) groups is 1. The Hall–Kier alpha value is -2.54. The van der Waals surface area contributed by atoms with Gasteiger partial charge >= 0.3 is 5.97 Å². The zero-order valence-electron chi connectivity index (χ0n) is 12.9. The van der Waals surface area contributed by atoms with E-state index in [9.17, 15) is 18.3 Å². The molecule has 23 heavy (non-hydrogen) atoms. The van der Waals surface area contributed by atoms with Crippen molar-refractivity contribution < 1.29 is 23.4 Å². The molecule has 0 aliphatic carbocycles. The van der Waals surface area contributed by atoms with E-state index < -0.39 is 16.0 Å². The summed E-state index contributed by atoms with van der Waals surface area (Å²) in [6, 6.07) is 7.04. The normalized spacial score (nSPS) is 11.3. The third-order valence-corrected chi connectivity index (χ3v) is 4.99. The van der Waals surface area contributed by atoms with E-state index in [1.165, 1.54) is 12.1 Å². The Morgan fingerprint density at radius 1 is 1.04 bits per heavy atom. The second-order valence-corrected chi connectivity index (χ2v) is 6.97. The van der Waals surface area contributed by atoms with E-state index in [0.717, 1.165) is 6.07 Å². The molecule has 0 saturated heterocycles. The van der Waals surface area contributed by atoms with Crippen molar-refractivity contribution in [2.75, 3.05) is 4.72 Å². The fraction of sp³-hybridized carbons (Fsp3) is 0.188. The highest BCUT2D eigenvalue weighted by Gasteiger charge is 2.19. The van der Waals surface area contributed by atoms with E-state index in [-0.39, 0.29) is 21.9 Å². The number of benzene rings is 2. The number of carboxylic acid groups (broad SMARTS) is 1. The van der Waals surface area contributed by atoms with Gasteiger partial charge < -0.3 is 10.2 Å². The van der Waals surface area contributed by atoms with Crippen LogP contribution in [0, 0.1) is 20.8 Å². The lowest BCUT2D eigenvalue weighted by Crippen LogP contribution is -2.15. The van der Waals surface area contributed by atoms with Crippen LogP contribution in [0.15, 0.2) is 35.2 Å². The Morgan fingerprint density at radius 3 is 2.26 bits per heavy atom. The molecule has 2 rings (SSSR count). The van der Waals surface area contributed by atoms with Crippen molar-refractivity contribution in [2.24, 2.45) is 0 Å². The van der Waals surface area contributed by atoms with Crippen molar-refractivity contribution in [3.8, 4) is 5.75 Å². The molecule has 6 nitrogen and oxygen atoms in total. The van der Waals surface area contributed by atoms with Gasteiger partial charge in [-0.3, -0.25) is 4.72 Å². The van der Waals surface area contributed by atoms with E-state index >= 15 is 0 Å². The number of aromatic hydroxyl groups is 1. The van der Waals surface area contributed by atoms with E-state index in [4.69, 9.17) is 5.11 Å². The molecule has 122 valence electrons. The molecular formula is C16H17NO5S. The Bertz CT molecular complexity index is 888. The molecular weight excluding hydrogens is 318 g/mol. The first-order valence-corrected chi connectivity index (χ1v) is 8.27. The zero-order chi connectivity index (χ0) is 17.4. The lowest BCUT2D eigenvalue weighted by atomic mass is 10.1. The number of nitrogens with one attached hydrogen (secondary N) is 1. The first-order valence-electron chi connectivity index (χ1n) is 6.79. The number of rotatable bonds is 4. The van der Waals surface area contributed by atoms with Gasteiger partial charge in [0.2, 0.25) is 0 Å². The fourth-order valence-corrected chi connectivity index (χ4v) is 3.30. The number of hydrogen-bond donors (Lipinski definition) is 3. The number of hydrogen-bond acceptors (Lipinski definition) is 4. The summed E-state index contributed by atoms with van der Waals surface area (Å²) in [7, 11) is -3.96. The highest BCUT2D eigenvalue weighted by Crippen LogP contribution is 2.29. The van der Waals surface area contributed by atoms with Crippen LogP contribution in [0.25, 0.3) is 0 Å². The van der Waals surface area contributed by atoms with E-state index in [2.05, 4.69) is 4.72 Å². The minimum absolute atomic E-state index is 0.0142. The van der Waals surface area contributed by atoms with Crippen molar-refractivity contribution in [3.05, 3.63) is 52.6 Å². The topological polar surface area (TPSA) is 104 Å². The number of aromatic carboxylic acids is 1. The molecule has 0 heterocycles. The molecule has 0 atom stereocenters. The van der Waals surface area contributed by atoms with Gasteiger partial charge in [-0.25, -0.2) is 13.2 Å². The molecule has 3 N–H and O–H groups in total. The quantitative estimate of drug-likeness (QED) is 0.797. The van der Waals surface area contributed by atoms with Crippen LogP contribution >= 0.6 is 0 Å². The average molecular weight is 335 g/mol. The Kier molecular flexibility index (Phi) is 4.33. The number of sulfonamides is 1. The van der Waals surface area contributed by atoms with Crippen LogP contribution in [0.5, 0.6) is 5.75 Å². The third-order valence-electron chi connectivity index (χ3n) is 3.63. The van der Waals surface area contributed by atoms with Crippen molar-refractivity contribution >= 4 is 21.7 Å². The Morgan fingerprint density at radius 2 is 1.65 bits per heavy atom. The van der Waals surface area contributed by atoms with Gasteiger partial charge in [0, 0.05) is 5.56 Å². The smallest absolute Gasteiger partial charge is 0.335 e. The molecule has 0 unspecified atom stereocenters. The van der Waals surface area contributed by atoms with Gasteiger partial charge in [-0.1, -0.05) is 12.1 Å². The van der Waals surface area contributed by atoms with Crippen LogP contribution < -0.4 is 4.72 Å². The third kappa shape index (κ3) is 3.29. The van der Waals surface area contributed by atoms with Gasteiger partial charge in [0.15, 0.2) is 0 Å². The van der Waals surface area contributed by atoms with Crippen LogP contribution in [0.1, 0.15) is 27.0 Å². The van der Waals surface area contributed by atoms with E-state index in [1.807, 2.05) is 0 Å². The summed E-state index contributed by atoms with van der Waals surface area (Å²) in [6.07, 6.45) is 0. The summed E-state index contributed by atoms with van der Waals surface area (Å²) in [5, 5.41) is 19.0. The highest BCUT2D eigenvalue weighted by molar-refractivity contribution is 7.92. The summed E-state index contributed by atoms with van der Waals surface area (Å²) in [5.74, 6) is -1.18. The summed E-state index contributed by atoms with van der Waals surface area (Å²) >= 11 is 0. The lowest BCUT2D eigenvalue weighted by Gasteiger charge is -2.13. The molecule has 2 aromatic carbocycles. The van der Waals surface area contributed by atoms with Gasteiger partial charge in [0.25, 0.3) is 10.0 Å². The van der Waals surface area contributed by atoms with Gasteiger partial charge in [0.05, 0.1) is 16.1 Å². The standard InChI is InChI=1S/C16H17NO5S/c1-9-4-6-12(8-13(9)16(19)20)23(21,22)17-14-7-5-10(2)15(18)11(14)3/h4-8,17-18H,1-3H3,(H,19,20). The van der Waals surface area contributed by atoms with Crippen LogP contribution in [0.2, 0.25) is 0 Å². The number of anilines is 1. The van der Waals surface area contributed by atoms with Crippen molar-refractivity contribution in [2.45, 2.75) is 25.7 Å². The first-order chi connectivity index (χ1) is 10.6. The summed E-state index contributed by atoms with van der Waals surface area (Å²) in [6.45, 7) is 4.90. The van der Waals surface area contributed by atoms with Crippen molar-refractivity contribution in [1.29, 1.82) is 0 Å². The molecule has 0 aliphatic heterocycles. The van der Waals surface area contributed by atoms with Gasteiger partial charge in [-0.05, 0) is 50.1 Å². The second-order valence-electron chi connectivity index (χ2n) is 5.29. The molecule has 0 bridgehead atoms. The molecule has 0 spiro atoms. The van der Waals surface area contributed by atoms with E-state index in [0.29, 0.717) is 16.7 Å². The van der Waals surface area contributed by atoms with Crippen molar-refractivity contribution in [1.82, 2.24) is 0 Å². The summed E-state index contributed by atoms with van der Waals surface area (Å²) < 4.78 is 27.3. The maximum absolute atomic E-state index is 12.5. The maximum atomic E-state index is 12.5. The largest absolute Gasteiger partial charge is 0.507 e. The summed E-state index contributed by atoms with van der Waals surface area (Å²) in [5.41, 5.74) is 1.68. The molecule has 2 aromatic rings. The molecule has 0 aliphatic rings. The fourth-order valence-electron chi connectivity index (χ4n) is 2.15. The predicted octanol–water partition coefficient (Wildman–Crippen LogP) is 2.82. The second kappa shape index (κ2) is 5.92. The Balaban J connectivity index is 2.46. The van der Waals surface area contributed by atoms with Crippen LogP contribution in [0.3, 0.4) is 0 Å². The molecule has 0 aromatic heterocycles. The molecule has 0 saturated carbocycles. The minimum atomic E-state index is -3.96.